The lowest BCUT2D eigenvalue weighted by atomic mass is 10.2. The first-order chi connectivity index (χ1) is 13.2. The van der Waals surface area contributed by atoms with Crippen molar-refractivity contribution in [1.82, 2.24) is 25.1 Å². The van der Waals surface area contributed by atoms with E-state index in [1.807, 2.05) is 42.6 Å². The van der Waals surface area contributed by atoms with Gasteiger partial charge in [0.25, 0.3) is 0 Å². The zero-order valence-electron chi connectivity index (χ0n) is 15.0. The number of para-hydroxylation sites is 1. The van der Waals surface area contributed by atoms with Crippen molar-refractivity contribution in [3.63, 3.8) is 0 Å². The highest BCUT2D eigenvalue weighted by molar-refractivity contribution is 7.99. The van der Waals surface area contributed by atoms with Crippen molar-refractivity contribution in [2.45, 2.75) is 31.6 Å². The Morgan fingerprint density at radius 3 is 2.89 bits per heavy atom. The Morgan fingerprint density at radius 1 is 1.26 bits per heavy atom. The van der Waals surface area contributed by atoms with E-state index >= 15 is 0 Å². The molecule has 0 aliphatic rings. The quantitative estimate of drug-likeness (QED) is 0.497. The van der Waals surface area contributed by atoms with Gasteiger partial charge >= 0.3 is 0 Å². The van der Waals surface area contributed by atoms with Crippen molar-refractivity contribution in [2.24, 2.45) is 0 Å². The van der Waals surface area contributed by atoms with Gasteiger partial charge in [0.2, 0.25) is 11.1 Å². The first kappa shape index (κ1) is 17.9. The summed E-state index contributed by atoms with van der Waals surface area (Å²) in [6.07, 6.45) is 0. The van der Waals surface area contributed by atoms with Crippen molar-refractivity contribution in [2.75, 3.05) is 5.75 Å². The molecule has 0 saturated carbocycles. The van der Waals surface area contributed by atoms with Crippen LogP contribution in [0.15, 0.2) is 46.9 Å². The van der Waals surface area contributed by atoms with Gasteiger partial charge in [-0.2, -0.15) is 0 Å². The number of nitrogens with zero attached hydrogens (tertiary/aromatic N) is 4. The molecule has 0 spiro atoms. The van der Waals surface area contributed by atoms with Gasteiger partial charge in [-0.25, -0.2) is 4.98 Å². The number of carbonyl (C=O) groups is 1. The van der Waals surface area contributed by atoms with Gasteiger partial charge in [-0.15, -0.1) is 21.5 Å². The fourth-order valence-electron chi connectivity index (χ4n) is 3.09. The summed E-state index contributed by atoms with van der Waals surface area (Å²) in [5.41, 5.74) is 2.71. The fraction of sp³-hybridized carbons (Fsp3) is 0.263. The molecule has 1 N–H and O–H groups in total. The average molecular weight is 398 g/mol. The van der Waals surface area contributed by atoms with Crippen LogP contribution in [0.1, 0.15) is 24.8 Å². The van der Waals surface area contributed by atoms with Crippen molar-refractivity contribution < 1.29 is 4.79 Å². The lowest BCUT2D eigenvalue weighted by Crippen LogP contribution is -2.27. The first-order valence-corrected chi connectivity index (χ1v) is 10.6. The summed E-state index contributed by atoms with van der Waals surface area (Å²) in [5.74, 6) is 0.218. The molecule has 0 aliphatic heterocycles. The molecule has 0 fully saturated rings. The van der Waals surface area contributed by atoms with E-state index in [0.29, 0.717) is 5.16 Å². The van der Waals surface area contributed by atoms with Gasteiger partial charge in [0.15, 0.2) is 5.65 Å². The van der Waals surface area contributed by atoms with Crippen LogP contribution in [0.5, 0.6) is 0 Å². The van der Waals surface area contributed by atoms with Crippen molar-refractivity contribution in [1.29, 1.82) is 0 Å². The molecule has 138 valence electrons. The van der Waals surface area contributed by atoms with Gasteiger partial charge < -0.3 is 9.88 Å². The summed E-state index contributed by atoms with van der Waals surface area (Å²) in [4.78, 5) is 18.0. The summed E-state index contributed by atoms with van der Waals surface area (Å²) in [6.45, 7) is 4.87. The summed E-state index contributed by atoms with van der Waals surface area (Å²) in [5, 5.41) is 15.2. The topological polar surface area (TPSA) is 72.7 Å². The van der Waals surface area contributed by atoms with E-state index in [-0.39, 0.29) is 17.7 Å². The minimum atomic E-state index is -0.0411. The second kappa shape index (κ2) is 7.66. The predicted molar refractivity (Wildman–Crippen MR) is 110 cm³/mol. The maximum Gasteiger partial charge on any atom is 0.230 e. The molecule has 0 saturated heterocycles. The number of amides is 1. The number of thiophene rings is 1. The number of thioether (sulfide) groups is 1. The van der Waals surface area contributed by atoms with Crippen LogP contribution < -0.4 is 5.32 Å². The monoisotopic (exact) mass is 397 g/mol. The number of aryl methyl sites for hydroxylation is 1. The highest BCUT2D eigenvalue weighted by Crippen LogP contribution is 2.27. The smallest absolute Gasteiger partial charge is 0.230 e. The number of benzene rings is 1. The molecule has 1 amide bonds. The van der Waals surface area contributed by atoms with E-state index in [1.165, 1.54) is 11.8 Å². The zero-order valence-corrected chi connectivity index (χ0v) is 16.7. The third kappa shape index (κ3) is 3.54. The number of rotatable bonds is 6. The van der Waals surface area contributed by atoms with Crippen LogP contribution >= 0.6 is 23.1 Å². The molecule has 8 heteroatoms. The number of carbonyl (C=O) groups excluding carboxylic acids is 1. The Labute approximate surface area is 165 Å². The molecule has 6 nitrogen and oxygen atoms in total. The Hall–Kier alpha value is -2.45. The van der Waals surface area contributed by atoms with E-state index in [0.717, 1.165) is 33.5 Å². The maximum absolute atomic E-state index is 12.2. The highest BCUT2D eigenvalue weighted by atomic mass is 32.2. The summed E-state index contributed by atoms with van der Waals surface area (Å²) < 4.78 is 2.13. The zero-order chi connectivity index (χ0) is 18.8. The summed E-state index contributed by atoms with van der Waals surface area (Å²) in [7, 11) is 0. The lowest BCUT2D eigenvalue weighted by Gasteiger charge is -2.11. The molecule has 0 unspecified atom stereocenters. The molecule has 0 radical (unpaired) electrons. The van der Waals surface area contributed by atoms with Gasteiger partial charge in [-0.05, 0) is 31.4 Å². The Balaban J connectivity index is 1.51. The minimum Gasteiger partial charge on any atom is -0.348 e. The molecule has 27 heavy (non-hydrogen) atoms. The van der Waals surface area contributed by atoms with Gasteiger partial charge in [0, 0.05) is 16.8 Å². The fourth-order valence-corrected chi connectivity index (χ4v) is 4.42. The van der Waals surface area contributed by atoms with Crippen LogP contribution in [0.25, 0.3) is 22.1 Å². The summed E-state index contributed by atoms with van der Waals surface area (Å²) in [6, 6.07) is 12.1. The van der Waals surface area contributed by atoms with Crippen LogP contribution in [0.4, 0.5) is 0 Å². The van der Waals surface area contributed by atoms with Crippen molar-refractivity contribution in [3.8, 4) is 0 Å². The van der Waals surface area contributed by atoms with Gasteiger partial charge in [-0.1, -0.05) is 36.0 Å². The lowest BCUT2D eigenvalue weighted by molar-refractivity contribution is -0.119. The number of nitrogens with one attached hydrogen (secondary N) is 1. The van der Waals surface area contributed by atoms with E-state index in [9.17, 15) is 4.79 Å². The maximum atomic E-state index is 12.2. The number of aromatic nitrogens is 4. The Kier molecular flexibility index (Phi) is 5.09. The minimum absolute atomic E-state index is 0.00208. The first-order valence-electron chi connectivity index (χ1n) is 8.74. The van der Waals surface area contributed by atoms with Crippen LogP contribution in [-0.4, -0.2) is 31.4 Å². The second-order valence-electron chi connectivity index (χ2n) is 6.12. The van der Waals surface area contributed by atoms with E-state index in [1.54, 1.807) is 11.3 Å². The number of hydrogen-bond donors (Lipinski definition) is 1. The van der Waals surface area contributed by atoms with Crippen LogP contribution in [0.2, 0.25) is 0 Å². The van der Waals surface area contributed by atoms with Gasteiger partial charge in [0.1, 0.15) is 5.52 Å². The van der Waals surface area contributed by atoms with Crippen molar-refractivity contribution >= 4 is 51.1 Å². The molecule has 0 aliphatic carbocycles. The average Bonchev–Trinajstić information content (AvgIpc) is 3.32. The van der Waals surface area contributed by atoms with Gasteiger partial charge in [0.05, 0.1) is 17.3 Å². The second-order valence-corrected chi connectivity index (χ2v) is 8.04. The molecule has 0 bridgehead atoms. The third-order valence-corrected chi connectivity index (χ3v) is 6.24. The molecule has 3 aromatic heterocycles. The SMILES string of the molecule is CCn1c2ccccc2c2nnc(SCC(=O)N[C@H](C)c3cccs3)nc21. The Bertz CT molecular complexity index is 1090. The predicted octanol–water partition coefficient (Wildman–Crippen LogP) is 4.03. The highest BCUT2D eigenvalue weighted by Gasteiger charge is 2.15. The third-order valence-electron chi connectivity index (χ3n) is 4.35. The largest absolute Gasteiger partial charge is 0.348 e. The summed E-state index contributed by atoms with van der Waals surface area (Å²) >= 11 is 2.94. The van der Waals surface area contributed by atoms with Crippen molar-refractivity contribution in [3.05, 3.63) is 46.7 Å². The molecular weight excluding hydrogens is 378 g/mol. The molecule has 4 aromatic rings. The normalized spacial score (nSPS) is 12.5. The van der Waals surface area contributed by atoms with Crippen LogP contribution in [0.3, 0.4) is 0 Å². The van der Waals surface area contributed by atoms with Gasteiger partial charge in [-0.3, -0.25) is 4.79 Å². The Morgan fingerprint density at radius 2 is 2.11 bits per heavy atom. The van der Waals surface area contributed by atoms with E-state index in [2.05, 4.69) is 38.1 Å². The van der Waals surface area contributed by atoms with Crippen LogP contribution in [-0.2, 0) is 11.3 Å². The van der Waals surface area contributed by atoms with E-state index < -0.39 is 0 Å². The molecule has 4 rings (SSSR count). The molecule has 1 aromatic carbocycles. The molecule has 1 atom stereocenters. The van der Waals surface area contributed by atoms with Crippen LogP contribution in [0, 0.1) is 0 Å². The number of fused-ring (bicyclic) bond motifs is 3. The van der Waals surface area contributed by atoms with E-state index in [4.69, 9.17) is 0 Å². The standard InChI is InChI=1S/C19H19N5OS2/c1-3-24-14-8-5-4-7-13(14)17-18(24)21-19(23-22-17)27-11-16(25)20-12(2)15-9-6-10-26-15/h4-10,12H,3,11H2,1-2H3,(H,20,25)/t12-/m1/s1. The molecular formula is C19H19N5OS2. The molecule has 3 heterocycles. The number of hydrogen-bond acceptors (Lipinski definition) is 6.